The quantitative estimate of drug-likeness (QED) is 0.367. The van der Waals surface area contributed by atoms with Crippen LogP contribution in [0.1, 0.15) is 45.1 Å². The lowest BCUT2D eigenvalue weighted by atomic mass is 9.73. The zero-order valence-electron chi connectivity index (χ0n) is 14.5. The number of aliphatic hydroxyl groups excluding tert-OH is 1. The SMILES string of the molecule is CCNC(=NCc1ccc(F)cc1)NCC1(C)CCCCC1O.I. The monoisotopic (exact) mass is 449 g/mol. The summed E-state index contributed by atoms with van der Waals surface area (Å²) in [4.78, 5) is 4.54. The molecular weight excluding hydrogens is 420 g/mol. The minimum absolute atomic E-state index is 0. The molecule has 136 valence electrons. The van der Waals surface area contributed by atoms with Crippen LogP contribution in [0.3, 0.4) is 0 Å². The fourth-order valence-electron chi connectivity index (χ4n) is 2.98. The Morgan fingerprint density at radius 2 is 2.00 bits per heavy atom. The van der Waals surface area contributed by atoms with Gasteiger partial charge in [0.05, 0.1) is 12.6 Å². The highest BCUT2D eigenvalue weighted by Gasteiger charge is 2.35. The Bertz CT molecular complexity index is 524. The van der Waals surface area contributed by atoms with Gasteiger partial charge in [0, 0.05) is 18.5 Å². The highest BCUT2D eigenvalue weighted by molar-refractivity contribution is 14.0. The van der Waals surface area contributed by atoms with E-state index in [1.54, 1.807) is 12.1 Å². The van der Waals surface area contributed by atoms with Gasteiger partial charge in [-0.25, -0.2) is 9.38 Å². The second kappa shape index (κ2) is 10.2. The van der Waals surface area contributed by atoms with Gasteiger partial charge in [-0.3, -0.25) is 0 Å². The Hall–Kier alpha value is -0.890. The van der Waals surface area contributed by atoms with E-state index in [2.05, 4.69) is 22.5 Å². The zero-order chi connectivity index (χ0) is 16.7. The highest BCUT2D eigenvalue weighted by Crippen LogP contribution is 2.35. The van der Waals surface area contributed by atoms with Crippen molar-refractivity contribution in [2.75, 3.05) is 13.1 Å². The molecule has 2 atom stereocenters. The van der Waals surface area contributed by atoms with E-state index >= 15 is 0 Å². The van der Waals surface area contributed by atoms with Crippen molar-refractivity contribution >= 4 is 29.9 Å². The number of benzene rings is 1. The number of aliphatic hydroxyl groups is 1. The van der Waals surface area contributed by atoms with Crippen molar-refractivity contribution < 1.29 is 9.50 Å². The smallest absolute Gasteiger partial charge is 0.191 e. The number of guanidine groups is 1. The zero-order valence-corrected chi connectivity index (χ0v) is 16.8. The largest absolute Gasteiger partial charge is 0.392 e. The maximum atomic E-state index is 12.9. The first kappa shape index (κ1) is 21.2. The summed E-state index contributed by atoms with van der Waals surface area (Å²) in [5, 5.41) is 16.8. The van der Waals surface area contributed by atoms with Crippen LogP contribution in [-0.2, 0) is 6.54 Å². The van der Waals surface area contributed by atoms with Gasteiger partial charge in [0.25, 0.3) is 0 Å². The van der Waals surface area contributed by atoms with Crippen molar-refractivity contribution in [3.05, 3.63) is 35.6 Å². The van der Waals surface area contributed by atoms with E-state index in [-0.39, 0.29) is 41.3 Å². The molecule has 6 heteroatoms. The van der Waals surface area contributed by atoms with Crippen molar-refractivity contribution in [2.45, 2.75) is 52.2 Å². The lowest BCUT2D eigenvalue weighted by Gasteiger charge is -2.38. The van der Waals surface area contributed by atoms with E-state index in [9.17, 15) is 9.50 Å². The van der Waals surface area contributed by atoms with E-state index in [0.717, 1.165) is 37.3 Å². The third-order valence-electron chi connectivity index (χ3n) is 4.62. The maximum Gasteiger partial charge on any atom is 0.191 e. The molecule has 0 amide bonds. The molecule has 1 aliphatic carbocycles. The standard InChI is InChI=1S/C18H28FN3O.HI/c1-3-20-17(21-12-14-7-9-15(19)10-8-14)22-13-18(2)11-5-4-6-16(18)23;/h7-10,16,23H,3-6,11-13H2,1-2H3,(H2,20,21,22);1H. The maximum absolute atomic E-state index is 12.9. The average molecular weight is 449 g/mol. The number of halogens is 2. The Morgan fingerprint density at radius 3 is 2.62 bits per heavy atom. The molecular formula is C18H29FIN3O. The summed E-state index contributed by atoms with van der Waals surface area (Å²) in [6, 6.07) is 6.39. The van der Waals surface area contributed by atoms with E-state index in [1.165, 1.54) is 18.6 Å². The summed E-state index contributed by atoms with van der Waals surface area (Å²) in [5.74, 6) is 0.498. The van der Waals surface area contributed by atoms with Gasteiger partial charge in [0.2, 0.25) is 0 Å². The predicted molar refractivity (Wildman–Crippen MR) is 107 cm³/mol. The van der Waals surface area contributed by atoms with Gasteiger partial charge in [-0.2, -0.15) is 0 Å². The minimum atomic E-state index is -0.260. The molecule has 1 saturated carbocycles. The van der Waals surface area contributed by atoms with Crippen LogP contribution in [0, 0.1) is 11.2 Å². The van der Waals surface area contributed by atoms with Crippen LogP contribution in [0.4, 0.5) is 4.39 Å². The van der Waals surface area contributed by atoms with Crippen LogP contribution in [-0.4, -0.2) is 30.3 Å². The number of nitrogens with zero attached hydrogens (tertiary/aromatic N) is 1. The molecule has 3 N–H and O–H groups in total. The Labute approximate surface area is 161 Å². The normalized spacial score (nSPS) is 24.2. The van der Waals surface area contributed by atoms with Gasteiger partial charge < -0.3 is 15.7 Å². The predicted octanol–water partition coefficient (Wildman–Crippen LogP) is 3.44. The molecule has 0 aliphatic heterocycles. The van der Waals surface area contributed by atoms with Gasteiger partial charge in [0.1, 0.15) is 5.82 Å². The van der Waals surface area contributed by atoms with Gasteiger partial charge in [-0.15, -0.1) is 24.0 Å². The summed E-state index contributed by atoms with van der Waals surface area (Å²) in [6.45, 7) is 6.12. The molecule has 1 aromatic rings. The fraction of sp³-hybridized carbons (Fsp3) is 0.611. The van der Waals surface area contributed by atoms with Crippen LogP contribution in [0.5, 0.6) is 0 Å². The third kappa shape index (κ3) is 6.20. The first-order valence-electron chi connectivity index (χ1n) is 8.48. The molecule has 24 heavy (non-hydrogen) atoms. The van der Waals surface area contributed by atoms with Crippen LogP contribution < -0.4 is 10.6 Å². The van der Waals surface area contributed by atoms with Crippen molar-refractivity contribution in [3.8, 4) is 0 Å². The summed E-state index contributed by atoms with van der Waals surface area (Å²) in [6.07, 6.45) is 3.91. The van der Waals surface area contributed by atoms with Crippen molar-refractivity contribution in [3.63, 3.8) is 0 Å². The number of aliphatic imine (C=N–C) groups is 1. The second-order valence-electron chi connectivity index (χ2n) is 6.59. The van der Waals surface area contributed by atoms with Crippen LogP contribution in [0.25, 0.3) is 0 Å². The van der Waals surface area contributed by atoms with E-state index < -0.39 is 0 Å². The molecule has 1 aromatic carbocycles. The van der Waals surface area contributed by atoms with E-state index in [1.807, 2.05) is 6.92 Å². The Balaban J connectivity index is 0.00000288. The van der Waals surface area contributed by atoms with Crippen molar-refractivity contribution in [1.82, 2.24) is 10.6 Å². The van der Waals surface area contributed by atoms with E-state index in [4.69, 9.17) is 0 Å². The van der Waals surface area contributed by atoms with Crippen LogP contribution >= 0.6 is 24.0 Å². The molecule has 1 fully saturated rings. The Morgan fingerprint density at radius 1 is 1.29 bits per heavy atom. The van der Waals surface area contributed by atoms with Crippen molar-refractivity contribution in [2.24, 2.45) is 10.4 Å². The number of hydrogen-bond acceptors (Lipinski definition) is 2. The molecule has 0 aromatic heterocycles. The minimum Gasteiger partial charge on any atom is -0.392 e. The molecule has 0 spiro atoms. The van der Waals surface area contributed by atoms with Gasteiger partial charge in [-0.05, 0) is 37.5 Å². The summed E-state index contributed by atoms with van der Waals surface area (Å²) < 4.78 is 12.9. The third-order valence-corrected chi connectivity index (χ3v) is 4.62. The van der Waals surface area contributed by atoms with Gasteiger partial charge in [0.15, 0.2) is 5.96 Å². The summed E-state index contributed by atoms with van der Waals surface area (Å²) >= 11 is 0. The first-order valence-corrected chi connectivity index (χ1v) is 8.48. The van der Waals surface area contributed by atoms with Crippen molar-refractivity contribution in [1.29, 1.82) is 0 Å². The molecule has 2 unspecified atom stereocenters. The van der Waals surface area contributed by atoms with Gasteiger partial charge >= 0.3 is 0 Å². The highest BCUT2D eigenvalue weighted by atomic mass is 127. The average Bonchev–Trinajstić information content (AvgIpc) is 2.55. The number of nitrogens with one attached hydrogen (secondary N) is 2. The molecule has 0 bridgehead atoms. The van der Waals surface area contributed by atoms with Gasteiger partial charge in [-0.1, -0.05) is 31.9 Å². The molecule has 0 radical (unpaired) electrons. The summed E-state index contributed by atoms with van der Waals surface area (Å²) in [7, 11) is 0. The molecule has 1 aliphatic rings. The molecule has 0 heterocycles. The summed E-state index contributed by atoms with van der Waals surface area (Å²) in [5.41, 5.74) is 0.858. The fourth-order valence-corrected chi connectivity index (χ4v) is 2.98. The molecule has 0 saturated heterocycles. The van der Waals surface area contributed by atoms with E-state index in [0.29, 0.717) is 13.1 Å². The topological polar surface area (TPSA) is 56.7 Å². The number of hydrogen-bond donors (Lipinski definition) is 3. The lowest BCUT2D eigenvalue weighted by Crippen LogP contribution is -2.48. The molecule has 2 rings (SSSR count). The lowest BCUT2D eigenvalue weighted by molar-refractivity contribution is 0.00397. The Kier molecular flexibility index (Phi) is 8.97. The van der Waals surface area contributed by atoms with Crippen LogP contribution in [0.15, 0.2) is 29.3 Å². The number of rotatable bonds is 5. The first-order chi connectivity index (χ1) is 11.0. The second-order valence-corrected chi connectivity index (χ2v) is 6.59. The van der Waals surface area contributed by atoms with Crippen LogP contribution in [0.2, 0.25) is 0 Å². The molecule has 4 nitrogen and oxygen atoms in total.